The third kappa shape index (κ3) is 6.28. The zero-order valence-electron chi connectivity index (χ0n) is 16.2. The summed E-state index contributed by atoms with van der Waals surface area (Å²) in [5.74, 6) is -0.188. The molecule has 1 radical (unpaired) electrons. The predicted molar refractivity (Wildman–Crippen MR) is 99.7 cm³/mol. The van der Waals surface area contributed by atoms with Crippen LogP contribution in [-0.4, -0.2) is 45.3 Å². The minimum Gasteiger partial charge on any atom is -0.413 e. The van der Waals surface area contributed by atoms with Crippen molar-refractivity contribution in [2.45, 2.75) is 57.8 Å². The SMILES string of the molecule is CC(C)(C)[Si](C)(C)O[C@H]1CCN(C[CH]c2cccc(OC(F)(F)F)c2)C1. The number of halogens is 3. The van der Waals surface area contributed by atoms with Gasteiger partial charge in [-0.25, -0.2) is 0 Å². The molecular weight excluding hydrogens is 359 g/mol. The molecule has 147 valence electrons. The molecular formula is C19H29F3NO2Si. The Kier molecular flexibility index (Phi) is 6.46. The number of alkyl halides is 3. The fraction of sp³-hybridized carbons (Fsp3) is 0.632. The number of likely N-dealkylation sites (tertiary alicyclic amines) is 1. The van der Waals surface area contributed by atoms with Gasteiger partial charge in [-0.2, -0.15) is 0 Å². The van der Waals surface area contributed by atoms with Gasteiger partial charge in [0, 0.05) is 26.1 Å². The van der Waals surface area contributed by atoms with Crippen LogP contribution in [0.25, 0.3) is 0 Å². The van der Waals surface area contributed by atoms with Crippen LogP contribution in [0.2, 0.25) is 18.1 Å². The Morgan fingerprint density at radius 3 is 2.54 bits per heavy atom. The summed E-state index contributed by atoms with van der Waals surface area (Å²) in [7, 11) is -1.78. The maximum Gasteiger partial charge on any atom is 0.573 e. The lowest BCUT2D eigenvalue weighted by molar-refractivity contribution is -0.274. The molecule has 0 aromatic heterocycles. The van der Waals surface area contributed by atoms with Crippen LogP contribution < -0.4 is 4.74 Å². The Morgan fingerprint density at radius 1 is 1.23 bits per heavy atom. The first-order valence-electron chi connectivity index (χ1n) is 8.95. The topological polar surface area (TPSA) is 21.7 Å². The molecule has 1 fully saturated rings. The number of benzene rings is 1. The van der Waals surface area contributed by atoms with Crippen molar-refractivity contribution in [2.75, 3.05) is 19.6 Å². The molecule has 0 aliphatic carbocycles. The molecule has 26 heavy (non-hydrogen) atoms. The third-order valence-electron chi connectivity index (χ3n) is 5.17. The van der Waals surface area contributed by atoms with E-state index in [9.17, 15) is 13.2 Å². The number of rotatable bonds is 6. The van der Waals surface area contributed by atoms with Crippen LogP contribution in [-0.2, 0) is 4.43 Å². The highest BCUT2D eigenvalue weighted by Gasteiger charge is 2.40. The molecule has 1 aliphatic rings. The Bertz CT molecular complexity index is 599. The van der Waals surface area contributed by atoms with Gasteiger partial charge in [0.25, 0.3) is 0 Å². The lowest BCUT2D eigenvalue weighted by Gasteiger charge is -2.38. The third-order valence-corrected chi connectivity index (χ3v) is 9.71. The van der Waals surface area contributed by atoms with E-state index >= 15 is 0 Å². The first-order chi connectivity index (χ1) is 11.9. The van der Waals surface area contributed by atoms with Crippen molar-refractivity contribution < 1.29 is 22.3 Å². The van der Waals surface area contributed by atoms with E-state index in [-0.39, 0.29) is 16.9 Å². The first-order valence-corrected chi connectivity index (χ1v) is 11.9. The summed E-state index contributed by atoms with van der Waals surface area (Å²) >= 11 is 0. The van der Waals surface area contributed by atoms with Gasteiger partial charge in [-0.15, -0.1) is 13.2 Å². The van der Waals surface area contributed by atoms with Crippen LogP contribution in [0.15, 0.2) is 24.3 Å². The van der Waals surface area contributed by atoms with Crippen molar-refractivity contribution in [3.63, 3.8) is 0 Å². The van der Waals surface area contributed by atoms with Crippen molar-refractivity contribution in [3.8, 4) is 5.75 Å². The molecule has 0 saturated carbocycles. The molecule has 0 N–H and O–H groups in total. The van der Waals surface area contributed by atoms with E-state index in [1.807, 2.05) is 6.42 Å². The highest BCUT2D eigenvalue weighted by Crippen LogP contribution is 2.38. The summed E-state index contributed by atoms with van der Waals surface area (Å²) in [6, 6.07) is 6.07. The van der Waals surface area contributed by atoms with Gasteiger partial charge in [-0.3, -0.25) is 0 Å². The minimum absolute atomic E-state index is 0.186. The van der Waals surface area contributed by atoms with Crippen LogP contribution in [0.1, 0.15) is 32.8 Å². The molecule has 7 heteroatoms. The van der Waals surface area contributed by atoms with Crippen LogP contribution in [0.3, 0.4) is 0 Å². The fourth-order valence-electron chi connectivity index (χ4n) is 2.73. The van der Waals surface area contributed by atoms with E-state index in [1.54, 1.807) is 12.1 Å². The second-order valence-corrected chi connectivity index (χ2v) is 13.1. The lowest BCUT2D eigenvalue weighted by atomic mass is 10.1. The van der Waals surface area contributed by atoms with E-state index in [2.05, 4.69) is 43.5 Å². The van der Waals surface area contributed by atoms with Gasteiger partial charge in [-0.1, -0.05) is 32.9 Å². The number of nitrogens with zero attached hydrogens (tertiary/aromatic N) is 1. The normalized spacial score (nSPS) is 19.8. The van der Waals surface area contributed by atoms with Crippen LogP contribution >= 0.6 is 0 Å². The Morgan fingerprint density at radius 2 is 1.92 bits per heavy atom. The maximum absolute atomic E-state index is 12.3. The van der Waals surface area contributed by atoms with Gasteiger partial charge in [0.2, 0.25) is 0 Å². The van der Waals surface area contributed by atoms with E-state index in [4.69, 9.17) is 4.43 Å². The summed E-state index contributed by atoms with van der Waals surface area (Å²) < 4.78 is 47.4. The summed E-state index contributed by atoms with van der Waals surface area (Å²) in [6.07, 6.45) is -1.50. The van der Waals surface area contributed by atoms with Crippen molar-refractivity contribution in [3.05, 3.63) is 36.2 Å². The van der Waals surface area contributed by atoms with Crippen LogP contribution in [0.4, 0.5) is 13.2 Å². The van der Waals surface area contributed by atoms with E-state index in [1.165, 1.54) is 12.1 Å². The van der Waals surface area contributed by atoms with E-state index < -0.39 is 14.7 Å². The molecule has 0 bridgehead atoms. The largest absolute Gasteiger partial charge is 0.573 e. The zero-order chi connectivity index (χ0) is 19.6. The summed E-state index contributed by atoms with van der Waals surface area (Å²) in [6.45, 7) is 13.7. The molecule has 1 heterocycles. The first kappa shape index (κ1) is 21.2. The highest BCUT2D eigenvalue weighted by atomic mass is 28.4. The van der Waals surface area contributed by atoms with Crippen molar-refractivity contribution in [1.82, 2.24) is 4.90 Å². The maximum atomic E-state index is 12.3. The molecule has 1 aliphatic heterocycles. The second-order valence-electron chi connectivity index (χ2n) is 8.37. The highest BCUT2D eigenvalue weighted by molar-refractivity contribution is 6.74. The molecule has 1 aromatic carbocycles. The summed E-state index contributed by atoms with van der Waals surface area (Å²) in [5.41, 5.74) is 0.723. The lowest BCUT2D eigenvalue weighted by Crippen LogP contribution is -2.44. The smallest absolute Gasteiger partial charge is 0.413 e. The molecule has 0 unspecified atom stereocenters. The van der Waals surface area contributed by atoms with Gasteiger partial charge in [0.15, 0.2) is 8.32 Å². The van der Waals surface area contributed by atoms with E-state index in [0.717, 1.165) is 25.1 Å². The Balaban J connectivity index is 1.84. The van der Waals surface area contributed by atoms with Crippen molar-refractivity contribution in [1.29, 1.82) is 0 Å². The summed E-state index contributed by atoms with van der Waals surface area (Å²) in [5, 5.41) is 0.186. The Hall–Kier alpha value is -1.05. The molecule has 0 spiro atoms. The van der Waals surface area contributed by atoms with Gasteiger partial charge in [0.05, 0.1) is 6.10 Å². The minimum atomic E-state index is -4.66. The Labute approximate surface area is 155 Å². The van der Waals surface area contributed by atoms with Crippen LogP contribution in [0.5, 0.6) is 5.75 Å². The molecule has 2 rings (SSSR count). The van der Waals surface area contributed by atoms with Crippen LogP contribution in [0, 0.1) is 6.42 Å². The number of hydrogen-bond donors (Lipinski definition) is 0. The predicted octanol–water partition coefficient (Wildman–Crippen LogP) is 5.23. The molecule has 1 aromatic rings. The van der Waals surface area contributed by atoms with Gasteiger partial charge in [-0.05, 0) is 42.2 Å². The van der Waals surface area contributed by atoms with Crippen molar-refractivity contribution in [2.24, 2.45) is 0 Å². The number of hydrogen-bond acceptors (Lipinski definition) is 3. The van der Waals surface area contributed by atoms with E-state index in [0.29, 0.717) is 6.54 Å². The van der Waals surface area contributed by atoms with Gasteiger partial charge < -0.3 is 14.1 Å². The average Bonchev–Trinajstić information content (AvgIpc) is 2.89. The van der Waals surface area contributed by atoms with Gasteiger partial charge in [0.1, 0.15) is 5.75 Å². The van der Waals surface area contributed by atoms with Crippen molar-refractivity contribution >= 4 is 8.32 Å². The summed E-state index contributed by atoms with van der Waals surface area (Å²) in [4.78, 5) is 2.27. The second kappa shape index (κ2) is 7.90. The standard InChI is InChI=1S/C19H29F3NO2Si/c1-18(2,3)26(4,5)25-17-10-12-23(14-17)11-9-15-7-6-8-16(13-15)24-19(20,21)22/h6-9,13,17H,10-12,14H2,1-5H3/t17-/m0/s1. The molecule has 0 amide bonds. The monoisotopic (exact) mass is 388 g/mol. The average molecular weight is 389 g/mol. The fourth-order valence-corrected chi connectivity index (χ4v) is 4.11. The number of ether oxygens (including phenoxy) is 1. The zero-order valence-corrected chi connectivity index (χ0v) is 17.2. The molecule has 3 nitrogen and oxygen atoms in total. The van der Waals surface area contributed by atoms with Gasteiger partial charge >= 0.3 is 6.36 Å². The quantitative estimate of drug-likeness (QED) is 0.623. The molecule has 1 atom stereocenters. The molecule has 1 saturated heterocycles.